The lowest BCUT2D eigenvalue weighted by atomic mass is 9.91. The Labute approximate surface area is 208 Å². The number of amides is 3. The van der Waals surface area contributed by atoms with Gasteiger partial charge < -0.3 is 15.0 Å². The number of ether oxygens (including phenoxy) is 1. The maximum atomic E-state index is 12.7. The quantitative estimate of drug-likeness (QED) is 0.313. The van der Waals surface area contributed by atoms with E-state index in [9.17, 15) is 32.9 Å². The van der Waals surface area contributed by atoms with Crippen LogP contribution in [-0.2, 0) is 11.3 Å². The number of rotatable bonds is 5. The Hall–Kier alpha value is -3.48. The number of hydrogen-bond acceptors (Lipinski definition) is 6. The number of piperidine rings is 1. The van der Waals surface area contributed by atoms with E-state index in [2.05, 4.69) is 5.32 Å². The highest BCUT2D eigenvalue weighted by atomic mass is 32.2. The highest BCUT2D eigenvalue weighted by Gasteiger charge is 2.47. The summed E-state index contributed by atoms with van der Waals surface area (Å²) in [4.78, 5) is 38.9. The average molecular weight is 525 g/mol. The predicted molar refractivity (Wildman–Crippen MR) is 126 cm³/mol. The maximum Gasteiger partial charge on any atom is 0.446 e. The molecule has 1 spiro atoms. The highest BCUT2D eigenvalue weighted by molar-refractivity contribution is 8.00. The molecule has 13 heteroatoms. The first-order valence-electron chi connectivity index (χ1n) is 11.1. The van der Waals surface area contributed by atoms with Crippen molar-refractivity contribution < 1.29 is 32.4 Å². The first-order chi connectivity index (χ1) is 16.9. The maximum absolute atomic E-state index is 12.7. The summed E-state index contributed by atoms with van der Waals surface area (Å²) in [6, 6.07) is 9.90. The van der Waals surface area contributed by atoms with Crippen LogP contribution in [-0.4, -0.2) is 57.6 Å². The number of alkyl halides is 3. The second kappa shape index (κ2) is 9.88. The molecule has 36 heavy (non-hydrogen) atoms. The smallest absolute Gasteiger partial charge is 0.441 e. The van der Waals surface area contributed by atoms with E-state index in [-0.39, 0.29) is 28.9 Å². The Kier molecular flexibility index (Phi) is 7.03. The number of nitrogens with zero attached hydrogens (tertiary/aromatic N) is 3. The van der Waals surface area contributed by atoms with Gasteiger partial charge in [0.25, 0.3) is 5.69 Å². The van der Waals surface area contributed by atoms with Crippen LogP contribution < -0.4 is 5.32 Å². The van der Waals surface area contributed by atoms with Crippen LogP contribution in [0.2, 0.25) is 0 Å². The molecule has 2 saturated heterocycles. The number of benzene rings is 2. The fourth-order valence-electron chi connectivity index (χ4n) is 4.30. The Balaban J connectivity index is 1.31. The Bertz CT molecular complexity index is 1170. The van der Waals surface area contributed by atoms with Gasteiger partial charge in [-0.2, -0.15) is 13.2 Å². The van der Waals surface area contributed by atoms with Gasteiger partial charge in [-0.3, -0.25) is 15.0 Å². The predicted octanol–water partition coefficient (Wildman–Crippen LogP) is 5.53. The molecule has 0 atom stereocenters. The van der Waals surface area contributed by atoms with Crippen molar-refractivity contribution in [1.29, 1.82) is 0 Å². The molecule has 9 nitrogen and oxygen atoms in total. The zero-order chi connectivity index (χ0) is 26.1. The lowest BCUT2D eigenvalue weighted by Gasteiger charge is -2.37. The van der Waals surface area contributed by atoms with Gasteiger partial charge in [0.05, 0.1) is 11.5 Å². The van der Waals surface area contributed by atoms with Crippen LogP contribution in [0.5, 0.6) is 0 Å². The van der Waals surface area contributed by atoms with E-state index in [0.29, 0.717) is 49.3 Å². The Morgan fingerprint density at radius 1 is 1.19 bits per heavy atom. The molecule has 2 aliphatic rings. The summed E-state index contributed by atoms with van der Waals surface area (Å²) in [7, 11) is 0. The van der Waals surface area contributed by atoms with Crippen LogP contribution in [0.1, 0.15) is 24.0 Å². The fourth-order valence-corrected chi connectivity index (χ4v) is 4.84. The monoisotopic (exact) mass is 524 g/mol. The number of likely N-dealkylation sites (tertiary alicyclic amines) is 1. The summed E-state index contributed by atoms with van der Waals surface area (Å²) in [5.41, 5.74) is -3.71. The average Bonchev–Trinajstić information content (AvgIpc) is 3.09. The molecule has 2 aliphatic heterocycles. The third-order valence-corrected chi connectivity index (χ3v) is 6.93. The lowest BCUT2D eigenvalue weighted by molar-refractivity contribution is -0.385. The molecular weight excluding hydrogens is 501 g/mol. The fraction of sp³-hybridized carbons (Fsp3) is 0.391. The number of carbonyl (C=O) groups excluding carboxylic acids is 2. The minimum atomic E-state index is -4.36. The molecule has 1 N–H and O–H groups in total. The van der Waals surface area contributed by atoms with Crippen molar-refractivity contribution >= 4 is 35.3 Å². The van der Waals surface area contributed by atoms with E-state index in [1.807, 2.05) is 0 Å². The third-order valence-electron chi connectivity index (χ3n) is 6.19. The van der Waals surface area contributed by atoms with Gasteiger partial charge in [-0.05, 0) is 42.4 Å². The minimum Gasteiger partial charge on any atom is -0.441 e. The molecule has 2 aromatic rings. The van der Waals surface area contributed by atoms with E-state index >= 15 is 0 Å². The van der Waals surface area contributed by atoms with Gasteiger partial charge in [-0.15, -0.1) is 0 Å². The molecule has 2 fully saturated rings. The van der Waals surface area contributed by atoms with Gasteiger partial charge in [0, 0.05) is 54.7 Å². The van der Waals surface area contributed by atoms with Crippen molar-refractivity contribution in [2.45, 2.75) is 42.3 Å². The van der Waals surface area contributed by atoms with Crippen LogP contribution >= 0.6 is 11.8 Å². The van der Waals surface area contributed by atoms with Crippen molar-refractivity contribution in [3.8, 4) is 0 Å². The molecule has 0 aliphatic carbocycles. The van der Waals surface area contributed by atoms with Gasteiger partial charge >= 0.3 is 17.6 Å². The van der Waals surface area contributed by atoms with E-state index < -0.39 is 28.2 Å². The number of nitro groups is 1. The van der Waals surface area contributed by atoms with Gasteiger partial charge in [-0.25, -0.2) is 9.59 Å². The zero-order valence-corrected chi connectivity index (χ0v) is 20.0. The summed E-state index contributed by atoms with van der Waals surface area (Å²) in [6.07, 6.45) is 0.323. The molecular formula is C23H23F3N4O5S. The van der Waals surface area contributed by atoms with Gasteiger partial charge in [0.2, 0.25) is 0 Å². The number of nitro benzene ring substituents is 1. The van der Waals surface area contributed by atoms with Crippen molar-refractivity contribution in [2.75, 3.05) is 25.0 Å². The molecule has 3 amide bonds. The summed E-state index contributed by atoms with van der Waals surface area (Å²) in [6.45, 7) is 2.77. The van der Waals surface area contributed by atoms with Crippen LogP contribution in [0.15, 0.2) is 47.4 Å². The number of anilines is 1. The summed E-state index contributed by atoms with van der Waals surface area (Å²) >= 11 is -0.197. The number of halogens is 3. The summed E-state index contributed by atoms with van der Waals surface area (Å²) < 4.78 is 43.2. The van der Waals surface area contributed by atoms with Crippen molar-refractivity contribution in [1.82, 2.24) is 9.80 Å². The molecule has 0 saturated carbocycles. The van der Waals surface area contributed by atoms with Crippen molar-refractivity contribution in [2.24, 2.45) is 0 Å². The van der Waals surface area contributed by atoms with Gasteiger partial charge in [-0.1, -0.05) is 18.2 Å². The Morgan fingerprint density at radius 2 is 1.86 bits per heavy atom. The van der Waals surface area contributed by atoms with Crippen LogP contribution in [0.3, 0.4) is 0 Å². The topological polar surface area (TPSA) is 105 Å². The summed E-state index contributed by atoms with van der Waals surface area (Å²) in [5, 5.41) is 13.8. The van der Waals surface area contributed by atoms with Crippen LogP contribution in [0.4, 0.5) is 34.1 Å². The third kappa shape index (κ3) is 6.01. The van der Waals surface area contributed by atoms with E-state index in [1.54, 1.807) is 36.1 Å². The number of nitrogens with one attached hydrogen (secondary N) is 1. The zero-order valence-electron chi connectivity index (χ0n) is 19.2. The van der Waals surface area contributed by atoms with Crippen molar-refractivity contribution in [3.05, 3.63) is 63.7 Å². The molecule has 2 heterocycles. The molecule has 0 bridgehead atoms. The Morgan fingerprint density at radius 3 is 2.47 bits per heavy atom. The molecule has 4 rings (SSSR count). The number of carbonyl (C=O) groups is 2. The first-order valence-corrected chi connectivity index (χ1v) is 11.9. The van der Waals surface area contributed by atoms with E-state index in [1.165, 1.54) is 23.1 Å². The SMILES string of the molecule is Cc1ccc(NC(=O)N2CCC3(CC2)CN(Cc2ccc(SC(F)(F)F)cc2)C(=O)O3)cc1[N+](=O)[O-]. The molecule has 0 unspecified atom stereocenters. The normalized spacial score (nSPS) is 17.3. The molecule has 0 radical (unpaired) electrons. The van der Waals surface area contributed by atoms with E-state index in [4.69, 9.17) is 4.74 Å². The largest absolute Gasteiger partial charge is 0.446 e. The minimum absolute atomic E-state index is 0.0672. The summed E-state index contributed by atoms with van der Waals surface area (Å²) in [5.74, 6) is 0. The second-order valence-corrected chi connectivity index (χ2v) is 9.91. The van der Waals surface area contributed by atoms with Crippen LogP contribution in [0, 0.1) is 17.0 Å². The van der Waals surface area contributed by atoms with Gasteiger partial charge in [0.1, 0.15) is 5.60 Å². The number of hydrogen-bond donors (Lipinski definition) is 1. The number of aryl methyl sites for hydroxylation is 1. The van der Waals surface area contributed by atoms with E-state index in [0.717, 1.165) is 0 Å². The molecule has 0 aromatic heterocycles. The number of thioether (sulfide) groups is 1. The number of urea groups is 1. The first kappa shape index (κ1) is 25.6. The molecule has 2 aromatic carbocycles. The lowest BCUT2D eigenvalue weighted by Crippen LogP contribution is -2.49. The second-order valence-electron chi connectivity index (χ2n) is 8.77. The standard InChI is InChI=1S/C23H23F3N4O5S/c1-15-2-5-17(12-19(15)30(33)34)27-20(31)28-10-8-22(9-11-28)14-29(21(32)35-22)13-16-3-6-18(7-4-16)36-23(24,25)26/h2-7,12H,8-11,13-14H2,1H3,(H,27,31). The van der Waals surface area contributed by atoms with Crippen LogP contribution in [0.25, 0.3) is 0 Å². The highest BCUT2D eigenvalue weighted by Crippen LogP contribution is 2.37. The molecule has 192 valence electrons. The van der Waals surface area contributed by atoms with Crippen molar-refractivity contribution in [3.63, 3.8) is 0 Å². The van der Waals surface area contributed by atoms with Gasteiger partial charge in [0.15, 0.2) is 0 Å².